The number of aromatic carboxylic acids is 1. The molecule has 0 saturated heterocycles. The normalized spacial score (nSPS) is 10.2. The van der Waals surface area contributed by atoms with Gasteiger partial charge in [-0.15, -0.1) is 0 Å². The molecule has 7 nitrogen and oxygen atoms in total. The van der Waals surface area contributed by atoms with Gasteiger partial charge in [-0.3, -0.25) is 10.00 Å². The summed E-state index contributed by atoms with van der Waals surface area (Å²) in [6.45, 7) is 3.55. The smallest absolute Gasteiger partial charge is 0.337 e. The zero-order valence-corrected chi connectivity index (χ0v) is 12.0. The number of rotatable bonds is 3. The van der Waals surface area contributed by atoms with Gasteiger partial charge in [0.05, 0.1) is 11.3 Å². The van der Waals surface area contributed by atoms with Crippen LogP contribution < -0.4 is 10.6 Å². The van der Waals surface area contributed by atoms with Crippen molar-refractivity contribution in [3.05, 3.63) is 41.1 Å². The monoisotopic (exact) mass is 288 g/mol. The maximum atomic E-state index is 11.9. The van der Waals surface area contributed by atoms with Crippen LogP contribution in [-0.4, -0.2) is 26.9 Å². The fourth-order valence-electron chi connectivity index (χ4n) is 2.05. The van der Waals surface area contributed by atoms with Crippen LogP contribution in [0.2, 0.25) is 0 Å². The summed E-state index contributed by atoms with van der Waals surface area (Å²) >= 11 is 0. The lowest BCUT2D eigenvalue weighted by Gasteiger charge is -2.12. The minimum absolute atomic E-state index is 0.0590. The maximum absolute atomic E-state index is 11.9. The molecule has 0 atom stereocenters. The van der Waals surface area contributed by atoms with Gasteiger partial charge < -0.3 is 10.4 Å². The summed E-state index contributed by atoms with van der Waals surface area (Å²) < 4.78 is 1.55. The lowest BCUT2D eigenvalue weighted by atomic mass is 10.0. The SMILES string of the molecule is Cc1cc(C)c(NC(=O)Nc2ccn(C)n2)c(C(=O)O)c1. The van der Waals surface area contributed by atoms with Gasteiger partial charge in [-0.25, -0.2) is 9.59 Å². The van der Waals surface area contributed by atoms with Crippen LogP contribution >= 0.6 is 0 Å². The van der Waals surface area contributed by atoms with E-state index in [0.29, 0.717) is 11.4 Å². The average molecular weight is 288 g/mol. The van der Waals surface area contributed by atoms with E-state index in [1.807, 2.05) is 6.07 Å². The zero-order chi connectivity index (χ0) is 15.6. The highest BCUT2D eigenvalue weighted by atomic mass is 16.4. The van der Waals surface area contributed by atoms with E-state index in [4.69, 9.17) is 0 Å². The Morgan fingerprint density at radius 3 is 2.52 bits per heavy atom. The molecule has 2 rings (SSSR count). The molecule has 0 spiro atoms. The number of anilines is 2. The highest BCUT2D eigenvalue weighted by Crippen LogP contribution is 2.23. The van der Waals surface area contributed by atoms with Gasteiger partial charge >= 0.3 is 12.0 Å². The van der Waals surface area contributed by atoms with Gasteiger partial charge in [0.2, 0.25) is 0 Å². The summed E-state index contributed by atoms with van der Waals surface area (Å²) in [5.74, 6) is -0.702. The third kappa shape index (κ3) is 3.38. The van der Waals surface area contributed by atoms with Crippen molar-refractivity contribution < 1.29 is 14.7 Å². The van der Waals surface area contributed by atoms with E-state index in [2.05, 4.69) is 15.7 Å². The van der Waals surface area contributed by atoms with Gasteiger partial charge in [0.25, 0.3) is 0 Å². The quantitative estimate of drug-likeness (QED) is 0.807. The van der Waals surface area contributed by atoms with Crippen LogP contribution in [-0.2, 0) is 7.05 Å². The molecule has 1 aromatic heterocycles. The lowest BCUT2D eigenvalue weighted by Crippen LogP contribution is -2.22. The van der Waals surface area contributed by atoms with Crippen molar-refractivity contribution in [2.24, 2.45) is 7.05 Å². The predicted molar refractivity (Wildman–Crippen MR) is 78.7 cm³/mol. The summed E-state index contributed by atoms with van der Waals surface area (Å²) in [5.41, 5.74) is 1.84. The van der Waals surface area contributed by atoms with E-state index >= 15 is 0 Å². The summed E-state index contributed by atoms with van der Waals surface area (Å²) in [7, 11) is 1.73. The third-order valence-electron chi connectivity index (χ3n) is 2.90. The van der Waals surface area contributed by atoms with Crippen LogP contribution in [0, 0.1) is 13.8 Å². The third-order valence-corrected chi connectivity index (χ3v) is 2.90. The molecule has 0 aliphatic rings. The van der Waals surface area contributed by atoms with Gasteiger partial charge in [-0.2, -0.15) is 5.10 Å². The van der Waals surface area contributed by atoms with Crippen molar-refractivity contribution in [2.45, 2.75) is 13.8 Å². The lowest BCUT2D eigenvalue weighted by molar-refractivity contribution is 0.0698. The summed E-state index contributed by atoms with van der Waals surface area (Å²) in [6, 6.07) is 4.43. The molecule has 0 fully saturated rings. The molecule has 3 N–H and O–H groups in total. The molecular weight excluding hydrogens is 272 g/mol. The molecule has 1 heterocycles. The number of carboxylic acids is 1. The molecular formula is C14H16N4O3. The van der Waals surface area contributed by atoms with Crippen LogP contribution in [0.15, 0.2) is 24.4 Å². The fourth-order valence-corrected chi connectivity index (χ4v) is 2.05. The Morgan fingerprint density at radius 2 is 1.95 bits per heavy atom. The Morgan fingerprint density at radius 1 is 1.24 bits per heavy atom. The van der Waals surface area contributed by atoms with E-state index in [0.717, 1.165) is 5.56 Å². The van der Waals surface area contributed by atoms with Gasteiger partial charge in [-0.05, 0) is 31.0 Å². The number of aryl methyl sites for hydroxylation is 3. The van der Waals surface area contributed by atoms with E-state index in [1.54, 1.807) is 37.8 Å². The number of urea groups is 1. The first-order valence-corrected chi connectivity index (χ1v) is 6.29. The van der Waals surface area contributed by atoms with Crippen LogP contribution in [0.4, 0.5) is 16.3 Å². The molecule has 0 aliphatic carbocycles. The summed E-state index contributed by atoms with van der Waals surface area (Å²) in [5, 5.41) is 18.4. The molecule has 0 bridgehead atoms. The predicted octanol–water partition coefficient (Wildman–Crippen LogP) is 2.38. The molecule has 2 aromatic rings. The number of hydrogen-bond donors (Lipinski definition) is 3. The molecule has 21 heavy (non-hydrogen) atoms. The molecule has 0 aliphatic heterocycles. The Bertz CT molecular complexity index is 706. The molecule has 7 heteroatoms. The van der Waals surface area contributed by atoms with Gasteiger partial charge in [0, 0.05) is 19.3 Å². The number of aromatic nitrogens is 2. The summed E-state index contributed by atoms with van der Waals surface area (Å²) in [4.78, 5) is 23.2. The first-order valence-electron chi connectivity index (χ1n) is 6.29. The van der Waals surface area contributed by atoms with Crippen molar-refractivity contribution in [2.75, 3.05) is 10.6 Å². The minimum atomic E-state index is -1.09. The first kappa shape index (κ1) is 14.6. The zero-order valence-electron chi connectivity index (χ0n) is 12.0. The van der Waals surface area contributed by atoms with Gasteiger partial charge in [0.1, 0.15) is 0 Å². The molecule has 2 amide bonds. The second-order valence-corrected chi connectivity index (χ2v) is 4.76. The standard InChI is InChI=1S/C14H16N4O3/c1-8-6-9(2)12(10(7-8)13(19)20)16-14(21)15-11-4-5-18(3)17-11/h4-7H,1-3H3,(H,19,20)(H2,15,16,17,21). The molecule has 0 unspecified atom stereocenters. The molecule has 0 saturated carbocycles. The Kier molecular flexibility index (Phi) is 3.93. The van der Waals surface area contributed by atoms with E-state index < -0.39 is 12.0 Å². The second kappa shape index (κ2) is 5.66. The number of hydrogen-bond acceptors (Lipinski definition) is 3. The largest absolute Gasteiger partial charge is 0.478 e. The van der Waals surface area contributed by atoms with Crippen LogP contribution in [0.1, 0.15) is 21.5 Å². The van der Waals surface area contributed by atoms with E-state index in [1.165, 1.54) is 6.07 Å². The van der Waals surface area contributed by atoms with Gasteiger partial charge in [-0.1, -0.05) is 6.07 Å². The van der Waals surface area contributed by atoms with Crippen molar-refractivity contribution in [1.82, 2.24) is 9.78 Å². The van der Waals surface area contributed by atoms with Crippen LogP contribution in [0.3, 0.4) is 0 Å². The van der Waals surface area contributed by atoms with Crippen molar-refractivity contribution in [1.29, 1.82) is 0 Å². The number of amides is 2. The van der Waals surface area contributed by atoms with E-state index in [9.17, 15) is 14.7 Å². The number of nitrogens with one attached hydrogen (secondary N) is 2. The Labute approximate surface area is 121 Å². The highest BCUT2D eigenvalue weighted by Gasteiger charge is 2.16. The molecule has 110 valence electrons. The molecule has 1 aromatic carbocycles. The minimum Gasteiger partial charge on any atom is -0.478 e. The fraction of sp³-hybridized carbons (Fsp3) is 0.214. The Balaban J connectivity index is 2.22. The van der Waals surface area contributed by atoms with Gasteiger partial charge in [0.15, 0.2) is 5.82 Å². The summed E-state index contributed by atoms with van der Waals surface area (Å²) in [6.07, 6.45) is 1.69. The first-order chi connectivity index (χ1) is 9.86. The topological polar surface area (TPSA) is 96.3 Å². The van der Waals surface area contributed by atoms with E-state index in [-0.39, 0.29) is 11.3 Å². The average Bonchev–Trinajstić information content (AvgIpc) is 2.77. The number of nitrogens with zero attached hydrogens (tertiary/aromatic N) is 2. The van der Waals surface area contributed by atoms with Crippen molar-refractivity contribution in [3.8, 4) is 0 Å². The number of carbonyl (C=O) groups is 2. The number of carbonyl (C=O) groups excluding carboxylic acids is 1. The second-order valence-electron chi connectivity index (χ2n) is 4.76. The maximum Gasteiger partial charge on any atom is 0.337 e. The number of carboxylic acid groups (broad SMARTS) is 1. The van der Waals surface area contributed by atoms with Crippen molar-refractivity contribution >= 4 is 23.5 Å². The Hall–Kier alpha value is -2.83. The van der Waals surface area contributed by atoms with Crippen LogP contribution in [0.25, 0.3) is 0 Å². The molecule has 0 radical (unpaired) electrons. The number of benzene rings is 1. The highest BCUT2D eigenvalue weighted by molar-refractivity contribution is 6.05. The van der Waals surface area contributed by atoms with Crippen LogP contribution in [0.5, 0.6) is 0 Å². The van der Waals surface area contributed by atoms with Crippen molar-refractivity contribution in [3.63, 3.8) is 0 Å².